The van der Waals surface area contributed by atoms with Gasteiger partial charge in [0.15, 0.2) is 0 Å². The van der Waals surface area contributed by atoms with Crippen LogP contribution in [0.5, 0.6) is 0 Å². The van der Waals surface area contributed by atoms with Crippen LogP contribution in [0.4, 0.5) is 0 Å². The van der Waals surface area contributed by atoms with Crippen molar-refractivity contribution in [1.29, 1.82) is 0 Å². The SMILES string of the molecule is C=CCC=O.c1ccc2sncc2c1. The summed E-state index contributed by atoms with van der Waals surface area (Å²) < 4.78 is 5.30. The zero-order valence-corrected chi connectivity index (χ0v) is 8.54. The van der Waals surface area contributed by atoms with Crippen molar-refractivity contribution in [2.45, 2.75) is 6.42 Å². The van der Waals surface area contributed by atoms with Crippen LogP contribution in [0.25, 0.3) is 10.1 Å². The number of carbonyl (C=O) groups excluding carboxylic acids is 1. The molecule has 0 atom stereocenters. The van der Waals surface area contributed by atoms with Crippen molar-refractivity contribution in [3.05, 3.63) is 43.1 Å². The molecule has 2 aromatic rings. The van der Waals surface area contributed by atoms with E-state index in [1.165, 1.54) is 21.6 Å². The van der Waals surface area contributed by atoms with Crippen molar-refractivity contribution in [1.82, 2.24) is 4.37 Å². The highest BCUT2D eigenvalue weighted by Gasteiger charge is 1.89. The second kappa shape index (κ2) is 6.05. The van der Waals surface area contributed by atoms with Gasteiger partial charge < -0.3 is 4.79 Å². The number of aldehydes is 1. The first kappa shape index (κ1) is 10.6. The van der Waals surface area contributed by atoms with Gasteiger partial charge in [-0.15, -0.1) is 6.58 Å². The Labute approximate surface area is 87.1 Å². The molecule has 72 valence electrons. The molecule has 0 unspecified atom stereocenters. The Hall–Kier alpha value is -1.48. The molecule has 0 aliphatic carbocycles. The number of rotatable bonds is 2. The highest BCUT2D eigenvalue weighted by atomic mass is 32.1. The molecule has 0 aliphatic heterocycles. The van der Waals surface area contributed by atoms with Crippen LogP contribution in [-0.4, -0.2) is 10.7 Å². The zero-order valence-electron chi connectivity index (χ0n) is 7.72. The summed E-state index contributed by atoms with van der Waals surface area (Å²) in [6, 6.07) is 8.20. The number of carbonyl (C=O) groups is 1. The number of hydrogen-bond acceptors (Lipinski definition) is 3. The molecule has 14 heavy (non-hydrogen) atoms. The predicted octanol–water partition coefficient (Wildman–Crippen LogP) is 3.06. The van der Waals surface area contributed by atoms with Crippen molar-refractivity contribution in [3.8, 4) is 0 Å². The Bertz CT molecular complexity index is 372. The van der Waals surface area contributed by atoms with E-state index in [0.29, 0.717) is 6.42 Å². The average molecular weight is 205 g/mol. The molecule has 2 nitrogen and oxygen atoms in total. The third-order valence-electron chi connectivity index (χ3n) is 1.52. The topological polar surface area (TPSA) is 30.0 Å². The fourth-order valence-electron chi connectivity index (χ4n) is 0.878. The smallest absolute Gasteiger partial charge is 0.123 e. The normalized spacial score (nSPS) is 8.86. The van der Waals surface area contributed by atoms with Gasteiger partial charge in [0.05, 0.1) is 4.70 Å². The van der Waals surface area contributed by atoms with Crippen LogP contribution in [0.2, 0.25) is 0 Å². The van der Waals surface area contributed by atoms with Crippen molar-refractivity contribution in [3.63, 3.8) is 0 Å². The number of hydrogen-bond donors (Lipinski definition) is 0. The number of nitrogens with zero attached hydrogens (tertiary/aromatic N) is 1. The van der Waals surface area contributed by atoms with Gasteiger partial charge in [-0.05, 0) is 17.6 Å². The molecule has 0 saturated carbocycles. The van der Waals surface area contributed by atoms with Gasteiger partial charge in [0.1, 0.15) is 6.29 Å². The molecule has 1 aromatic heterocycles. The van der Waals surface area contributed by atoms with E-state index in [2.05, 4.69) is 23.1 Å². The summed E-state index contributed by atoms with van der Waals surface area (Å²) in [4.78, 5) is 9.33. The molecular formula is C11H11NOS. The quantitative estimate of drug-likeness (QED) is 0.557. The Kier molecular flexibility index (Phi) is 4.58. The van der Waals surface area contributed by atoms with Gasteiger partial charge >= 0.3 is 0 Å². The summed E-state index contributed by atoms with van der Waals surface area (Å²) >= 11 is 1.54. The van der Waals surface area contributed by atoms with E-state index in [1.807, 2.05) is 18.3 Å². The fraction of sp³-hybridized carbons (Fsp3) is 0.0909. The summed E-state index contributed by atoms with van der Waals surface area (Å²) in [7, 11) is 0. The number of fused-ring (bicyclic) bond motifs is 1. The molecule has 0 radical (unpaired) electrons. The summed E-state index contributed by atoms with van der Waals surface area (Å²) in [5.41, 5.74) is 0. The molecule has 0 fully saturated rings. The lowest BCUT2D eigenvalue weighted by molar-refractivity contribution is -0.107. The van der Waals surface area contributed by atoms with Crippen LogP contribution in [-0.2, 0) is 4.79 Å². The van der Waals surface area contributed by atoms with Gasteiger partial charge in [0.2, 0.25) is 0 Å². The van der Waals surface area contributed by atoms with Crippen molar-refractivity contribution >= 4 is 27.9 Å². The van der Waals surface area contributed by atoms with Gasteiger partial charge in [-0.25, -0.2) is 0 Å². The molecule has 0 spiro atoms. The molecule has 2 rings (SSSR count). The highest BCUT2D eigenvalue weighted by molar-refractivity contribution is 7.13. The average Bonchev–Trinajstić information content (AvgIpc) is 2.67. The molecule has 3 heteroatoms. The fourth-order valence-corrected chi connectivity index (χ4v) is 1.52. The molecule has 1 aromatic carbocycles. The third-order valence-corrected chi connectivity index (χ3v) is 2.30. The molecule has 0 saturated heterocycles. The first-order chi connectivity index (χ1) is 6.88. The minimum Gasteiger partial charge on any atom is -0.303 e. The molecule has 0 bridgehead atoms. The lowest BCUT2D eigenvalue weighted by atomic mass is 10.3. The Balaban J connectivity index is 0.000000171. The number of aromatic nitrogens is 1. The van der Waals surface area contributed by atoms with Gasteiger partial charge in [0.25, 0.3) is 0 Å². The summed E-state index contributed by atoms with van der Waals surface area (Å²) in [6.45, 7) is 3.32. The van der Waals surface area contributed by atoms with E-state index < -0.39 is 0 Å². The molecule has 0 N–H and O–H groups in total. The number of allylic oxidation sites excluding steroid dienone is 1. The first-order valence-corrected chi connectivity index (χ1v) is 4.99. The Morgan fingerprint density at radius 3 is 2.79 bits per heavy atom. The molecule has 1 heterocycles. The molecular weight excluding hydrogens is 194 g/mol. The summed E-state index contributed by atoms with van der Waals surface area (Å²) in [5.74, 6) is 0. The van der Waals surface area contributed by atoms with E-state index >= 15 is 0 Å². The second-order valence-electron chi connectivity index (χ2n) is 2.55. The van der Waals surface area contributed by atoms with E-state index in [1.54, 1.807) is 6.08 Å². The first-order valence-electron chi connectivity index (χ1n) is 4.22. The van der Waals surface area contributed by atoms with Crippen molar-refractivity contribution in [2.24, 2.45) is 0 Å². The monoisotopic (exact) mass is 205 g/mol. The van der Waals surface area contributed by atoms with Crippen LogP contribution in [0.3, 0.4) is 0 Å². The maximum Gasteiger partial charge on any atom is 0.123 e. The maximum atomic E-state index is 9.33. The summed E-state index contributed by atoms with van der Waals surface area (Å²) in [6.07, 6.45) is 4.74. The second-order valence-corrected chi connectivity index (χ2v) is 3.39. The maximum absolute atomic E-state index is 9.33. The van der Waals surface area contributed by atoms with E-state index in [4.69, 9.17) is 0 Å². The zero-order chi connectivity index (χ0) is 10.2. The Morgan fingerprint density at radius 2 is 2.21 bits per heavy atom. The largest absolute Gasteiger partial charge is 0.303 e. The van der Waals surface area contributed by atoms with E-state index in [0.717, 1.165) is 6.29 Å². The van der Waals surface area contributed by atoms with Gasteiger partial charge in [-0.1, -0.05) is 24.3 Å². The lowest BCUT2D eigenvalue weighted by Crippen LogP contribution is -1.59. The minimum atomic E-state index is 0.472. The number of benzene rings is 1. The third kappa shape index (κ3) is 3.11. The van der Waals surface area contributed by atoms with Crippen LogP contribution in [0.1, 0.15) is 6.42 Å². The Morgan fingerprint density at radius 1 is 1.43 bits per heavy atom. The minimum absolute atomic E-state index is 0.472. The van der Waals surface area contributed by atoms with Crippen LogP contribution in [0.15, 0.2) is 43.1 Å². The molecule has 0 aliphatic rings. The van der Waals surface area contributed by atoms with E-state index in [-0.39, 0.29) is 0 Å². The van der Waals surface area contributed by atoms with Crippen molar-refractivity contribution in [2.75, 3.05) is 0 Å². The molecule has 0 amide bonds. The highest BCUT2D eigenvalue weighted by Crippen LogP contribution is 2.15. The van der Waals surface area contributed by atoms with Crippen LogP contribution >= 0.6 is 11.5 Å². The predicted molar refractivity (Wildman–Crippen MR) is 60.5 cm³/mol. The lowest BCUT2D eigenvalue weighted by Gasteiger charge is -1.80. The van der Waals surface area contributed by atoms with Crippen LogP contribution in [0, 0.1) is 0 Å². The van der Waals surface area contributed by atoms with E-state index in [9.17, 15) is 4.79 Å². The summed E-state index contributed by atoms with van der Waals surface area (Å²) in [5, 5.41) is 1.24. The van der Waals surface area contributed by atoms with Gasteiger partial charge in [-0.2, -0.15) is 4.37 Å². The van der Waals surface area contributed by atoms with Gasteiger partial charge in [-0.3, -0.25) is 0 Å². The van der Waals surface area contributed by atoms with Gasteiger partial charge in [0, 0.05) is 18.0 Å². The van der Waals surface area contributed by atoms with Crippen molar-refractivity contribution < 1.29 is 4.79 Å². The standard InChI is InChI=1S/C7H5NS.C4H6O/c1-2-4-7-6(3-1)5-8-9-7;1-2-3-4-5/h1-5H;2,4H,1,3H2. The van der Waals surface area contributed by atoms with Crippen LogP contribution < -0.4 is 0 Å².